The molecular formula is C15H26O6. The first kappa shape index (κ1) is 16.7. The van der Waals surface area contributed by atoms with Crippen LogP contribution in [0.3, 0.4) is 0 Å². The number of esters is 1. The van der Waals surface area contributed by atoms with Crippen LogP contribution in [0, 0.1) is 11.3 Å². The van der Waals surface area contributed by atoms with Crippen LogP contribution in [0.5, 0.6) is 0 Å². The zero-order chi connectivity index (χ0) is 15.6. The third-order valence-corrected chi connectivity index (χ3v) is 5.12. The van der Waals surface area contributed by atoms with Crippen molar-refractivity contribution in [2.24, 2.45) is 11.3 Å². The fourth-order valence-electron chi connectivity index (χ4n) is 4.40. The van der Waals surface area contributed by atoms with Crippen molar-refractivity contribution in [3.63, 3.8) is 0 Å². The maximum absolute atomic E-state index is 11.4. The molecule has 2 saturated carbocycles. The van der Waals surface area contributed by atoms with Crippen molar-refractivity contribution < 1.29 is 30.0 Å². The molecule has 5 unspecified atom stereocenters. The minimum absolute atomic E-state index is 0.197. The van der Waals surface area contributed by atoms with E-state index in [1.807, 2.05) is 0 Å². The van der Waals surface area contributed by atoms with Crippen molar-refractivity contribution in [2.45, 2.75) is 69.4 Å². The lowest BCUT2D eigenvalue weighted by atomic mass is 9.55. The zero-order valence-corrected chi connectivity index (χ0v) is 12.4. The Kier molecular flexibility index (Phi) is 5.24. The Hall–Kier alpha value is -0.690. The fourth-order valence-corrected chi connectivity index (χ4v) is 4.40. The van der Waals surface area contributed by atoms with E-state index >= 15 is 0 Å². The quantitative estimate of drug-likeness (QED) is 0.545. The van der Waals surface area contributed by atoms with Gasteiger partial charge in [-0.05, 0) is 49.9 Å². The molecule has 4 N–H and O–H groups in total. The highest BCUT2D eigenvalue weighted by Gasteiger charge is 2.51. The van der Waals surface area contributed by atoms with E-state index in [0.717, 1.165) is 0 Å². The molecule has 0 radical (unpaired) electrons. The molecule has 5 atom stereocenters. The molecular weight excluding hydrogens is 276 g/mol. The summed E-state index contributed by atoms with van der Waals surface area (Å²) in [6.07, 6.45) is -0.0286. The summed E-state index contributed by atoms with van der Waals surface area (Å²) in [5, 5.41) is 40.3. The highest BCUT2D eigenvalue weighted by Crippen LogP contribution is 2.52. The lowest BCUT2D eigenvalue weighted by molar-refractivity contribution is -0.149. The maximum atomic E-state index is 11.4. The minimum atomic E-state index is -0.726. The van der Waals surface area contributed by atoms with E-state index in [1.54, 1.807) is 0 Å². The van der Waals surface area contributed by atoms with Gasteiger partial charge in [0.1, 0.15) is 0 Å². The van der Waals surface area contributed by atoms with Crippen molar-refractivity contribution in [2.75, 3.05) is 7.11 Å². The van der Waals surface area contributed by atoms with E-state index in [0.29, 0.717) is 32.1 Å². The zero-order valence-electron chi connectivity index (χ0n) is 12.4. The summed E-state index contributed by atoms with van der Waals surface area (Å²) >= 11 is 0. The van der Waals surface area contributed by atoms with Crippen LogP contribution in [-0.2, 0) is 9.53 Å². The molecule has 2 rings (SSSR count). The molecule has 0 saturated heterocycles. The largest absolute Gasteiger partial charge is 0.469 e. The Morgan fingerprint density at radius 1 is 1.05 bits per heavy atom. The third-order valence-electron chi connectivity index (χ3n) is 5.12. The minimum Gasteiger partial charge on any atom is -0.469 e. The number of hydrogen-bond donors (Lipinski definition) is 4. The molecule has 0 bridgehead atoms. The fraction of sp³-hybridized carbons (Fsp3) is 0.933. The first-order valence-corrected chi connectivity index (χ1v) is 7.65. The summed E-state index contributed by atoms with van der Waals surface area (Å²) in [4.78, 5) is 11.4. The van der Waals surface area contributed by atoms with Gasteiger partial charge in [0.2, 0.25) is 0 Å². The van der Waals surface area contributed by atoms with Crippen LogP contribution in [0.1, 0.15) is 44.9 Å². The van der Waals surface area contributed by atoms with Gasteiger partial charge < -0.3 is 25.2 Å². The van der Waals surface area contributed by atoms with Crippen LogP contribution in [0.15, 0.2) is 0 Å². The number of ether oxygens (including phenoxy) is 1. The second-order valence-corrected chi connectivity index (χ2v) is 6.70. The molecule has 21 heavy (non-hydrogen) atoms. The van der Waals surface area contributed by atoms with Crippen molar-refractivity contribution in [3.05, 3.63) is 0 Å². The number of carbonyl (C=O) groups excluding carboxylic acids is 1. The smallest absolute Gasteiger partial charge is 0.305 e. The van der Waals surface area contributed by atoms with Crippen molar-refractivity contribution >= 4 is 5.97 Å². The monoisotopic (exact) mass is 302 g/mol. The molecule has 0 aromatic carbocycles. The van der Waals surface area contributed by atoms with Crippen molar-refractivity contribution in [3.8, 4) is 0 Å². The standard InChI is InChI=1S/C15H26O6/c1-21-14(20)3-2-12-13(19)5-11(18)8-15(12)6-9(16)4-10(17)7-15/h9-13,16-19H,2-8H2,1H3. The molecule has 2 aliphatic rings. The normalized spacial score (nSPS) is 43.8. The first-order valence-electron chi connectivity index (χ1n) is 7.65. The van der Waals surface area contributed by atoms with E-state index in [1.165, 1.54) is 7.11 Å². The Morgan fingerprint density at radius 2 is 1.57 bits per heavy atom. The Labute approximate surface area is 124 Å². The number of hydrogen-bond acceptors (Lipinski definition) is 6. The first-order chi connectivity index (χ1) is 9.86. The highest BCUT2D eigenvalue weighted by molar-refractivity contribution is 5.69. The van der Waals surface area contributed by atoms with Gasteiger partial charge in [0.25, 0.3) is 0 Å². The molecule has 0 amide bonds. The second kappa shape index (κ2) is 6.60. The number of carbonyl (C=O) groups is 1. The van der Waals surface area contributed by atoms with Gasteiger partial charge in [-0.25, -0.2) is 0 Å². The maximum Gasteiger partial charge on any atom is 0.305 e. The molecule has 2 aliphatic carbocycles. The van der Waals surface area contributed by atoms with E-state index in [2.05, 4.69) is 4.74 Å². The highest BCUT2D eigenvalue weighted by atomic mass is 16.5. The summed E-state index contributed by atoms with van der Waals surface area (Å²) < 4.78 is 4.65. The summed E-state index contributed by atoms with van der Waals surface area (Å²) in [5.41, 5.74) is -0.512. The van der Waals surface area contributed by atoms with Crippen LogP contribution in [0.25, 0.3) is 0 Å². The average Bonchev–Trinajstić information content (AvgIpc) is 2.35. The summed E-state index contributed by atoms with van der Waals surface area (Å²) in [6.45, 7) is 0. The SMILES string of the molecule is COC(=O)CCC1C(O)CC(O)CC12CC(O)CC(O)C2. The third kappa shape index (κ3) is 3.74. The van der Waals surface area contributed by atoms with Gasteiger partial charge in [0.15, 0.2) is 0 Å². The van der Waals surface area contributed by atoms with Crippen LogP contribution in [0.2, 0.25) is 0 Å². The molecule has 2 fully saturated rings. The van der Waals surface area contributed by atoms with Gasteiger partial charge >= 0.3 is 5.97 Å². The summed E-state index contributed by atoms with van der Waals surface area (Å²) in [6, 6.07) is 0. The van der Waals surface area contributed by atoms with Crippen LogP contribution < -0.4 is 0 Å². The van der Waals surface area contributed by atoms with Crippen LogP contribution in [0.4, 0.5) is 0 Å². The average molecular weight is 302 g/mol. The number of rotatable bonds is 3. The lowest BCUT2D eigenvalue weighted by Gasteiger charge is -2.52. The summed E-state index contributed by atoms with van der Waals surface area (Å²) in [5.74, 6) is -0.551. The predicted molar refractivity (Wildman–Crippen MR) is 74.3 cm³/mol. The second-order valence-electron chi connectivity index (χ2n) is 6.70. The lowest BCUT2D eigenvalue weighted by Crippen LogP contribution is -2.52. The van der Waals surface area contributed by atoms with E-state index < -0.39 is 29.8 Å². The van der Waals surface area contributed by atoms with Gasteiger partial charge in [0.05, 0.1) is 31.5 Å². The van der Waals surface area contributed by atoms with E-state index in [4.69, 9.17) is 0 Å². The van der Waals surface area contributed by atoms with Gasteiger partial charge in [-0.2, -0.15) is 0 Å². The topological polar surface area (TPSA) is 107 Å². The van der Waals surface area contributed by atoms with Crippen molar-refractivity contribution in [1.82, 2.24) is 0 Å². The van der Waals surface area contributed by atoms with Crippen LogP contribution >= 0.6 is 0 Å². The van der Waals surface area contributed by atoms with Gasteiger partial charge in [-0.3, -0.25) is 4.79 Å². The molecule has 6 heteroatoms. The number of methoxy groups -OCH3 is 1. The van der Waals surface area contributed by atoms with Crippen LogP contribution in [-0.4, -0.2) is 57.9 Å². The Morgan fingerprint density at radius 3 is 2.10 bits per heavy atom. The molecule has 0 aliphatic heterocycles. The number of aliphatic hydroxyl groups excluding tert-OH is 4. The molecule has 122 valence electrons. The van der Waals surface area contributed by atoms with E-state index in [-0.39, 0.29) is 24.7 Å². The predicted octanol–water partition coefficient (Wildman–Crippen LogP) is -0.0365. The molecule has 0 aromatic rings. The van der Waals surface area contributed by atoms with Crippen molar-refractivity contribution in [1.29, 1.82) is 0 Å². The summed E-state index contributed by atoms with van der Waals surface area (Å²) in [7, 11) is 1.33. The van der Waals surface area contributed by atoms with Gasteiger partial charge in [-0.1, -0.05) is 0 Å². The van der Waals surface area contributed by atoms with Gasteiger partial charge in [-0.15, -0.1) is 0 Å². The Balaban J connectivity index is 2.17. The van der Waals surface area contributed by atoms with E-state index in [9.17, 15) is 25.2 Å². The van der Waals surface area contributed by atoms with Gasteiger partial charge in [0, 0.05) is 6.42 Å². The Bertz CT molecular complexity index is 350. The molecule has 1 spiro atoms. The molecule has 6 nitrogen and oxygen atoms in total. The molecule has 0 heterocycles. The number of aliphatic hydroxyl groups is 4. The molecule has 0 aromatic heterocycles.